The summed E-state index contributed by atoms with van der Waals surface area (Å²) in [7, 11) is 0. The molecule has 19 heavy (non-hydrogen) atoms. The lowest BCUT2D eigenvalue weighted by Gasteiger charge is -2.19. The maximum absolute atomic E-state index is 11.5. The molecule has 0 aromatic carbocycles. The number of esters is 1. The summed E-state index contributed by atoms with van der Waals surface area (Å²) in [4.78, 5) is 26.7. The van der Waals surface area contributed by atoms with E-state index in [1.165, 1.54) is 6.39 Å². The molecule has 0 fully saturated rings. The predicted octanol–water partition coefficient (Wildman–Crippen LogP) is 0.850. The molecule has 0 bridgehead atoms. The van der Waals surface area contributed by atoms with Gasteiger partial charge in [0.2, 0.25) is 12.3 Å². The number of amides is 1. The van der Waals surface area contributed by atoms with Gasteiger partial charge in [-0.25, -0.2) is 0 Å². The van der Waals surface area contributed by atoms with Crippen LogP contribution >= 0.6 is 0 Å². The van der Waals surface area contributed by atoms with Crippen molar-refractivity contribution in [1.29, 1.82) is 0 Å². The number of nitrogens with one attached hydrogen (secondary N) is 1. The summed E-state index contributed by atoms with van der Waals surface area (Å²) >= 11 is 0. The van der Waals surface area contributed by atoms with Gasteiger partial charge >= 0.3 is 5.97 Å². The Morgan fingerprint density at radius 1 is 1.37 bits per heavy atom. The third-order valence-electron chi connectivity index (χ3n) is 2.05. The standard InChI is InChI=1S/C12H19N3O4/c1-12(2,3)19-11(17)5-4-10(16)13-7-6-9-14-8-18-15-9/h8H,4-7H2,1-3H3,(H,13,16). The summed E-state index contributed by atoms with van der Waals surface area (Å²) in [6.45, 7) is 5.77. The Bertz CT molecular complexity index is 409. The van der Waals surface area contributed by atoms with Crippen molar-refractivity contribution in [1.82, 2.24) is 15.5 Å². The molecule has 0 radical (unpaired) electrons. The van der Waals surface area contributed by atoms with Crippen molar-refractivity contribution in [3.63, 3.8) is 0 Å². The SMILES string of the molecule is CC(C)(C)OC(=O)CCC(=O)NCCc1ncon1. The molecule has 7 nitrogen and oxygen atoms in total. The van der Waals surface area contributed by atoms with Gasteiger partial charge in [0.05, 0.1) is 6.42 Å². The zero-order chi connectivity index (χ0) is 14.3. The summed E-state index contributed by atoms with van der Waals surface area (Å²) in [5, 5.41) is 6.29. The van der Waals surface area contributed by atoms with Crippen LogP contribution in [-0.4, -0.2) is 34.2 Å². The van der Waals surface area contributed by atoms with E-state index in [0.717, 1.165) is 0 Å². The highest BCUT2D eigenvalue weighted by Gasteiger charge is 2.16. The molecule has 7 heteroatoms. The van der Waals surface area contributed by atoms with Crippen LogP contribution in [-0.2, 0) is 20.7 Å². The van der Waals surface area contributed by atoms with Crippen LogP contribution in [0.5, 0.6) is 0 Å². The largest absolute Gasteiger partial charge is 0.460 e. The van der Waals surface area contributed by atoms with Gasteiger partial charge in [-0.05, 0) is 20.8 Å². The summed E-state index contributed by atoms with van der Waals surface area (Å²) < 4.78 is 9.66. The first-order valence-corrected chi connectivity index (χ1v) is 6.10. The first-order chi connectivity index (χ1) is 8.87. The lowest BCUT2D eigenvalue weighted by Crippen LogP contribution is -2.28. The number of rotatable bonds is 6. The van der Waals surface area contributed by atoms with E-state index in [9.17, 15) is 9.59 Å². The molecule has 1 rings (SSSR count). The summed E-state index contributed by atoms with van der Waals surface area (Å²) in [5.74, 6) is -0.0392. The maximum Gasteiger partial charge on any atom is 0.306 e. The second kappa shape index (κ2) is 6.86. The zero-order valence-electron chi connectivity index (χ0n) is 11.4. The lowest BCUT2D eigenvalue weighted by atomic mass is 10.2. The van der Waals surface area contributed by atoms with Crippen molar-refractivity contribution >= 4 is 11.9 Å². The fourth-order valence-electron chi connectivity index (χ4n) is 1.31. The molecular formula is C12H19N3O4. The molecule has 0 spiro atoms. The Kier molecular flexibility index (Phi) is 5.47. The minimum atomic E-state index is -0.522. The molecule has 1 N–H and O–H groups in total. The van der Waals surface area contributed by atoms with Crippen molar-refractivity contribution in [2.75, 3.05) is 6.54 Å². The molecule has 1 amide bonds. The topological polar surface area (TPSA) is 94.3 Å². The first kappa shape index (κ1) is 15.1. The average molecular weight is 269 g/mol. The van der Waals surface area contributed by atoms with Gasteiger partial charge in [0, 0.05) is 19.4 Å². The van der Waals surface area contributed by atoms with Crippen molar-refractivity contribution < 1.29 is 18.8 Å². The van der Waals surface area contributed by atoms with Gasteiger partial charge in [-0.2, -0.15) is 4.98 Å². The molecule has 106 valence electrons. The van der Waals surface area contributed by atoms with E-state index in [0.29, 0.717) is 18.8 Å². The minimum Gasteiger partial charge on any atom is -0.460 e. The average Bonchev–Trinajstić information content (AvgIpc) is 2.77. The van der Waals surface area contributed by atoms with E-state index in [-0.39, 0.29) is 24.7 Å². The number of hydrogen-bond acceptors (Lipinski definition) is 6. The second-order valence-corrected chi connectivity index (χ2v) is 5.03. The fraction of sp³-hybridized carbons (Fsp3) is 0.667. The fourth-order valence-corrected chi connectivity index (χ4v) is 1.31. The Labute approximate surface area is 111 Å². The number of hydrogen-bond donors (Lipinski definition) is 1. The quantitative estimate of drug-likeness (QED) is 0.769. The summed E-state index contributed by atoms with van der Waals surface area (Å²) in [6, 6.07) is 0. The monoisotopic (exact) mass is 269 g/mol. The van der Waals surface area contributed by atoms with E-state index in [1.807, 2.05) is 0 Å². The predicted molar refractivity (Wildman–Crippen MR) is 66.1 cm³/mol. The van der Waals surface area contributed by atoms with Crippen LogP contribution in [0.2, 0.25) is 0 Å². The molecule has 1 heterocycles. The molecule has 0 aliphatic heterocycles. The Hall–Kier alpha value is -1.92. The number of ether oxygens (including phenoxy) is 1. The van der Waals surface area contributed by atoms with Crippen LogP contribution in [0, 0.1) is 0 Å². The first-order valence-electron chi connectivity index (χ1n) is 6.10. The third-order valence-corrected chi connectivity index (χ3v) is 2.05. The molecule has 0 saturated heterocycles. The highest BCUT2D eigenvalue weighted by atomic mass is 16.6. The highest BCUT2D eigenvalue weighted by Crippen LogP contribution is 2.08. The normalized spacial score (nSPS) is 11.1. The molecular weight excluding hydrogens is 250 g/mol. The third kappa shape index (κ3) is 7.17. The van der Waals surface area contributed by atoms with Gasteiger partial charge in [0.1, 0.15) is 5.60 Å². The Balaban J connectivity index is 2.12. The van der Waals surface area contributed by atoms with Crippen LogP contribution in [0.4, 0.5) is 0 Å². The molecule has 0 atom stereocenters. The van der Waals surface area contributed by atoms with Crippen LogP contribution in [0.3, 0.4) is 0 Å². The minimum absolute atomic E-state index is 0.0747. The maximum atomic E-state index is 11.5. The van der Waals surface area contributed by atoms with Gasteiger partial charge in [-0.1, -0.05) is 5.16 Å². The van der Waals surface area contributed by atoms with Gasteiger partial charge in [0.25, 0.3) is 0 Å². The van der Waals surface area contributed by atoms with Gasteiger partial charge < -0.3 is 14.6 Å². The van der Waals surface area contributed by atoms with E-state index >= 15 is 0 Å². The Morgan fingerprint density at radius 3 is 2.68 bits per heavy atom. The van der Waals surface area contributed by atoms with Crippen molar-refractivity contribution in [2.45, 2.75) is 45.6 Å². The highest BCUT2D eigenvalue weighted by molar-refractivity contribution is 5.81. The van der Waals surface area contributed by atoms with Crippen molar-refractivity contribution in [2.24, 2.45) is 0 Å². The second-order valence-electron chi connectivity index (χ2n) is 5.03. The van der Waals surface area contributed by atoms with Crippen molar-refractivity contribution in [3.8, 4) is 0 Å². The molecule has 0 saturated carbocycles. The summed E-state index contributed by atoms with van der Waals surface area (Å²) in [6.07, 6.45) is 1.92. The van der Waals surface area contributed by atoms with E-state index < -0.39 is 5.60 Å². The van der Waals surface area contributed by atoms with E-state index in [4.69, 9.17) is 4.74 Å². The number of carbonyl (C=O) groups excluding carboxylic acids is 2. The van der Waals surface area contributed by atoms with Crippen molar-refractivity contribution in [3.05, 3.63) is 12.2 Å². The number of nitrogens with zero attached hydrogens (tertiary/aromatic N) is 2. The Morgan fingerprint density at radius 2 is 2.11 bits per heavy atom. The number of aromatic nitrogens is 2. The summed E-state index contributed by atoms with van der Waals surface area (Å²) in [5.41, 5.74) is -0.522. The van der Waals surface area contributed by atoms with Gasteiger partial charge in [-0.15, -0.1) is 0 Å². The van der Waals surface area contributed by atoms with Crippen LogP contribution < -0.4 is 5.32 Å². The van der Waals surface area contributed by atoms with Gasteiger partial charge in [0.15, 0.2) is 5.82 Å². The molecule has 1 aromatic rings. The lowest BCUT2D eigenvalue weighted by molar-refractivity contribution is -0.155. The molecule has 0 aliphatic rings. The zero-order valence-corrected chi connectivity index (χ0v) is 11.4. The van der Waals surface area contributed by atoms with Crippen LogP contribution in [0.1, 0.15) is 39.4 Å². The number of carbonyl (C=O) groups is 2. The molecule has 0 aliphatic carbocycles. The van der Waals surface area contributed by atoms with E-state index in [2.05, 4.69) is 20.0 Å². The smallest absolute Gasteiger partial charge is 0.306 e. The van der Waals surface area contributed by atoms with E-state index in [1.54, 1.807) is 20.8 Å². The van der Waals surface area contributed by atoms with Crippen LogP contribution in [0.25, 0.3) is 0 Å². The van der Waals surface area contributed by atoms with Gasteiger partial charge in [-0.3, -0.25) is 9.59 Å². The van der Waals surface area contributed by atoms with Crippen LogP contribution in [0.15, 0.2) is 10.9 Å². The molecule has 1 aromatic heterocycles. The molecule has 0 unspecified atom stereocenters.